The SMILES string of the molecule is Cc1nc2cc(OCC(O)CN3CCN(CCCCOC4CCC4)CC3)ccc2s1. The minimum absolute atomic E-state index is 0.315. The molecule has 1 saturated heterocycles. The number of aliphatic hydroxyl groups excluding tert-OH is 1. The van der Waals surface area contributed by atoms with Crippen molar-refractivity contribution in [2.45, 2.75) is 51.2 Å². The van der Waals surface area contributed by atoms with Gasteiger partial charge in [-0.2, -0.15) is 0 Å². The molecule has 1 aliphatic heterocycles. The number of rotatable bonds is 11. The van der Waals surface area contributed by atoms with E-state index in [4.69, 9.17) is 9.47 Å². The molecular formula is C23H35N3O3S. The standard InChI is InChI=1S/C23H35N3O3S/c1-18-24-22-15-21(7-8-23(22)30-18)29-17-19(27)16-26-12-10-25(11-13-26)9-2-3-14-28-20-5-4-6-20/h7-8,15,19-20,27H,2-6,9-14,16-17H2,1H3. The van der Waals surface area contributed by atoms with Crippen molar-refractivity contribution in [3.05, 3.63) is 23.2 Å². The van der Waals surface area contributed by atoms with Crippen LogP contribution < -0.4 is 4.74 Å². The van der Waals surface area contributed by atoms with Crippen LogP contribution in [0.25, 0.3) is 10.2 Å². The van der Waals surface area contributed by atoms with Crippen LogP contribution in [0.15, 0.2) is 18.2 Å². The third kappa shape index (κ3) is 6.37. The number of hydrogen-bond donors (Lipinski definition) is 1. The zero-order chi connectivity index (χ0) is 20.8. The maximum absolute atomic E-state index is 10.4. The minimum atomic E-state index is -0.479. The Balaban J connectivity index is 1.08. The molecule has 1 N–H and O–H groups in total. The Morgan fingerprint density at radius 1 is 1.17 bits per heavy atom. The number of piperazine rings is 1. The molecule has 0 radical (unpaired) electrons. The molecule has 2 fully saturated rings. The number of benzene rings is 1. The summed E-state index contributed by atoms with van der Waals surface area (Å²) >= 11 is 1.69. The molecule has 1 aromatic heterocycles. The average molecular weight is 434 g/mol. The number of fused-ring (bicyclic) bond motifs is 1. The molecule has 6 nitrogen and oxygen atoms in total. The highest BCUT2D eigenvalue weighted by Gasteiger charge is 2.20. The molecule has 0 amide bonds. The summed E-state index contributed by atoms with van der Waals surface area (Å²) < 4.78 is 12.8. The number of unbranched alkanes of at least 4 members (excludes halogenated alkanes) is 1. The van der Waals surface area contributed by atoms with Crippen molar-refractivity contribution < 1.29 is 14.6 Å². The van der Waals surface area contributed by atoms with Gasteiger partial charge in [-0.3, -0.25) is 4.90 Å². The Hall–Kier alpha value is -1.25. The number of aromatic nitrogens is 1. The van der Waals surface area contributed by atoms with Crippen molar-refractivity contribution in [2.75, 3.05) is 52.5 Å². The summed E-state index contributed by atoms with van der Waals surface area (Å²) in [6.45, 7) is 9.27. The van der Waals surface area contributed by atoms with Crippen molar-refractivity contribution in [3.8, 4) is 5.75 Å². The van der Waals surface area contributed by atoms with Crippen molar-refractivity contribution in [1.82, 2.24) is 14.8 Å². The van der Waals surface area contributed by atoms with Gasteiger partial charge < -0.3 is 19.5 Å². The van der Waals surface area contributed by atoms with Crippen LogP contribution in [0.5, 0.6) is 5.75 Å². The fraction of sp³-hybridized carbons (Fsp3) is 0.696. The van der Waals surface area contributed by atoms with Gasteiger partial charge in [0.15, 0.2) is 0 Å². The highest BCUT2D eigenvalue weighted by molar-refractivity contribution is 7.18. The van der Waals surface area contributed by atoms with Crippen LogP contribution in [-0.4, -0.2) is 84.6 Å². The van der Waals surface area contributed by atoms with Crippen LogP contribution in [-0.2, 0) is 4.74 Å². The van der Waals surface area contributed by atoms with Crippen LogP contribution in [0.1, 0.15) is 37.1 Å². The summed E-state index contributed by atoms with van der Waals surface area (Å²) in [6.07, 6.45) is 6.33. The van der Waals surface area contributed by atoms with Gasteiger partial charge in [0.1, 0.15) is 18.5 Å². The van der Waals surface area contributed by atoms with Gasteiger partial charge in [0.05, 0.1) is 21.3 Å². The fourth-order valence-electron chi connectivity index (χ4n) is 4.08. The van der Waals surface area contributed by atoms with E-state index in [1.807, 2.05) is 25.1 Å². The molecule has 2 aliphatic rings. The number of aryl methyl sites for hydroxylation is 1. The Bertz CT molecular complexity index is 787. The Kier molecular flexibility index (Phi) is 7.95. The minimum Gasteiger partial charge on any atom is -0.491 e. The van der Waals surface area contributed by atoms with Crippen molar-refractivity contribution in [3.63, 3.8) is 0 Å². The molecule has 166 valence electrons. The van der Waals surface area contributed by atoms with E-state index in [1.54, 1.807) is 11.3 Å². The zero-order valence-electron chi connectivity index (χ0n) is 18.1. The van der Waals surface area contributed by atoms with E-state index in [0.717, 1.165) is 55.6 Å². The molecule has 0 spiro atoms. The average Bonchev–Trinajstić information content (AvgIpc) is 3.08. The summed E-state index contributed by atoms with van der Waals surface area (Å²) in [4.78, 5) is 9.38. The molecule has 4 rings (SSSR count). The summed E-state index contributed by atoms with van der Waals surface area (Å²) in [5, 5.41) is 11.5. The van der Waals surface area contributed by atoms with Gasteiger partial charge in [-0.1, -0.05) is 0 Å². The second-order valence-corrected chi connectivity index (χ2v) is 9.84. The largest absolute Gasteiger partial charge is 0.491 e. The summed E-state index contributed by atoms with van der Waals surface area (Å²) in [5.74, 6) is 0.776. The van der Waals surface area contributed by atoms with Gasteiger partial charge in [-0.15, -0.1) is 11.3 Å². The van der Waals surface area contributed by atoms with Gasteiger partial charge in [0.2, 0.25) is 0 Å². The van der Waals surface area contributed by atoms with Crippen molar-refractivity contribution in [1.29, 1.82) is 0 Å². The quantitative estimate of drug-likeness (QED) is 0.549. The Morgan fingerprint density at radius 2 is 1.97 bits per heavy atom. The van der Waals surface area contributed by atoms with Crippen LogP contribution in [0.3, 0.4) is 0 Å². The Labute approximate surface area is 183 Å². The lowest BCUT2D eigenvalue weighted by atomic mass is 9.96. The highest BCUT2D eigenvalue weighted by Crippen LogP contribution is 2.25. The van der Waals surface area contributed by atoms with Gasteiger partial charge in [0.25, 0.3) is 0 Å². The predicted octanol–water partition coefficient (Wildman–Crippen LogP) is 3.31. The molecule has 2 aromatic rings. The molecule has 2 heterocycles. The molecule has 1 saturated carbocycles. The first-order chi connectivity index (χ1) is 14.7. The topological polar surface area (TPSA) is 58.1 Å². The van der Waals surface area contributed by atoms with Gasteiger partial charge in [-0.05, 0) is 57.7 Å². The lowest BCUT2D eigenvalue weighted by Gasteiger charge is -2.35. The van der Waals surface area contributed by atoms with Crippen LogP contribution in [0.4, 0.5) is 0 Å². The van der Waals surface area contributed by atoms with E-state index < -0.39 is 6.10 Å². The van der Waals surface area contributed by atoms with Crippen molar-refractivity contribution in [2.24, 2.45) is 0 Å². The van der Waals surface area contributed by atoms with Gasteiger partial charge in [-0.25, -0.2) is 4.98 Å². The number of thiazole rings is 1. The van der Waals surface area contributed by atoms with E-state index in [2.05, 4.69) is 14.8 Å². The second kappa shape index (κ2) is 10.9. The first-order valence-corrected chi connectivity index (χ1v) is 12.2. The molecule has 7 heteroatoms. The summed E-state index contributed by atoms with van der Waals surface area (Å²) in [7, 11) is 0. The van der Waals surface area contributed by atoms with E-state index in [-0.39, 0.29) is 0 Å². The number of aliphatic hydroxyl groups is 1. The Morgan fingerprint density at radius 3 is 2.73 bits per heavy atom. The molecule has 1 unspecified atom stereocenters. The van der Waals surface area contributed by atoms with Crippen molar-refractivity contribution >= 4 is 21.6 Å². The normalized spacial score (nSPS) is 19.8. The maximum atomic E-state index is 10.4. The van der Waals surface area contributed by atoms with Crippen LogP contribution >= 0.6 is 11.3 Å². The van der Waals surface area contributed by atoms with E-state index in [9.17, 15) is 5.11 Å². The molecule has 1 aromatic carbocycles. The van der Waals surface area contributed by atoms with E-state index in [1.165, 1.54) is 36.8 Å². The predicted molar refractivity (Wildman–Crippen MR) is 122 cm³/mol. The van der Waals surface area contributed by atoms with Gasteiger partial charge in [0, 0.05) is 45.4 Å². The van der Waals surface area contributed by atoms with E-state index >= 15 is 0 Å². The lowest BCUT2D eigenvalue weighted by molar-refractivity contribution is -0.000646. The molecule has 1 aliphatic carbocycles. The van der Waals surface area contributed by atoms with Crippen LogP contribution in [0.2, 0.25) is 0 Å². The van der Waals surface area contributed by atoms with Crippen LogP contribution in [0, 0.1) is 6.92 Å². The lowest BCUT2D eigenvalue weighted by Crippen LogP contribution is -2.49. The number of nitrogens with zero attached hydrogens (tertiary/aromatic N) is 3. The number of ether oxygens (including phenoxy) is 2. The molecule has 30 heavy (non-hydrogen) atoms. The summed E-state index contributed by atoms with van der Waals surface area (Å²) in [6, 6.07) is 5.96. The third-order valence-electron chi connectivity index (χ3n) is 6.12. The third-order valence-corrected chi connectivity index (χ3v) is 7.07. The second-order valence-electron chi connectivity index (χ2n) is 8.60. The molecule has 0 bridgehead atoms. The number of β-amino-alcohol motifs (C(OH)–C–C–N with tert-alkyl or cyclic N) is 1. The van der Waals surface area contributed by atoms with E-state index in [0.29, 0.717) is 19.3 Å². The maximum Gasteiger partial charge on any atom is 0.121 e. The molecule has 1 atom stereocenters. The van der Waals surface area contributed by atoms with Gasteiger partial charge >= 0.3 is 0 Å². The monoisotopic (exact) mass is 433 g/mol. The summed E-state index contributed by atoms with van der Waals surface area (Å²) in [5.41, 5.74) is 0.968. The first-order valence-electron chi connectivity index (χ1n) is 11.4. The zero-order valence-corrected chi connectivity index (χ0v) is 18.9. The fourth-order valence-corrected chi connectivity index (χ4v) is 4.88. The molecular weight excluding hydrogens is 398 g/mol. The highest BCUT2D eigenvalue weighted by atomic mass is 32.1. The smallest absolute Gasteiger partial charge is 0.121 e. The first kappa shape index (κ1) is 22.0. The number of hydrogen-bond acceptors (Lipinski definition) is 7.